The molecule has 0 bridgehead atoms. The fraction of sp³-hybridized carbons (Fsp3) is 0.583. The molecule has 0 aromatic carbocycles. The molecule has 1 amide bonds. The Bertz CT molecular complexity index is 443. The van der Waals surface area contributed by atoms with Crippen molar-refractivity contribution in [2.75, 3.05) is 11.9 Å². The van der Waals surface area contributed by atoms with Crippen LogP contribution in [0.4, 0.5) is 5.82 Å². The first-order chi connectivity index (χ1) is 8.67. The van der Waals surface area contributed by atoms with Crippen LogP contribution in [0.3, 0.4) is 0 Å². The average molecular weight is 250 g/mol. The highest BCUT2D eigenvalue weighted by molar-refractivity contribution is 5.92. The Morgan fingerprint density at radius 2 is 2.28 bits per heavy atom. The molecule has 0 unspecified atom stereocenters. The lowest BCUT2D eigenvalue weighted by molar-refractivity contribution is -0.120. The molecule has 1 rings (SSSR count). The van der Waals surface area contributed by atoms with E-state index in [9.17, 15) is 4.79 Å². The van der Waals surface area contributed by atoms with E-state index in [4.69, 9.17) is 10.4 Å². The number of aliphatic hydroxyl groups excluding tert-OH is 1. The third kappa shape index (κ3) is 3.08. The first kappa shape index (κ1) is 14.2. The van der Waals surface area contributed by atoms with Crippen molar-refractivity contribution in [3.05, 3.63) is 11.8 Å². The quantitative estimate of drug-likeness (QED) is 0.791. The lowest BCUT2D eigenvalue weighted by Crippen LogP contribution is -2.24. The smallest absolute Gasteiger partial charge is 0.228 e. The number of nitrogens with zero attached hydrogens (tertiary/aromatic N) is 3. The Balaban J connectivity index is 2.91. The van der Waals surface area contributed by atoms with Crippen molar-refractivity contribution in [2.45, 2.75) is 33.2 Å². The van der Waals surface area contributed by atoms with Gasteiger partial charge in [-0.3, -0.25) is 4.79 Å². The van der Waals surface area contributed by atoms with Crippen molar-refractivity contribution in [2.24, 2.45) is 5.92 Å². The van der Waals surface area contributed by atoms with Gasteiger partial charge >= 0.3 is 0 Å². The van der Waals surface area contributed by atoms with Gasteiger partial charge in [0, 0.05) is 5.92 Å². The van der Waals surface area contributed by atoms with Crippen molar-refractivity contribution in [1.29, 1.82) is 5.26 Å². The lowest BCUT2D eigenvalue weighted by atomic mass is 10.0. The Labute approximate surface area is 106 Å². The van der Waals surface area contributed by atoms with Crippen molar-refractivity contribution < 1.29 is 9.90 Å². The maximum atomic E-state index is 12.0. The van der Waals surface area contributed by atoms with Crippen LogP contribution in [0, 0.1) is 17.2 Å². The van der Waals surface area contributed by atoms with E-state index < -0.39 is 0 Å². The van der Waals surface area contributed by atoms with Gasteiger partial charge in [0.1, 0.15) is 17.5 Å². The highest BCUT2D eigenvalue weighted by Gasteiger charge is 2.18. The summed E-state index contributed by atoms with van der Waals surface area (Å²) in [5.74, 6) is 0.175. The average Bonchev–Trinajstić information content (AvgIpc) is 2.74. The van der Waals surface area contributed by atoms with E-state index in [0.717, 1.165) is 12.8 Å². The van der Waals surface area contributed by atoms with Gasteiger partial charge in [0.15, 0.2) is 0 Å². The lowest BCUT2D eigenvalue weighted by Gasteiger charge is -2.14. The van der Waals surface area contributed by atoms with E-state index in [1.54, 1.807) is 0 Å². The SMILES string of the molecule is CCC(CC)C(=O)Nc1c(C#N)cnn1CCO. The standard InChI is InChI=1S/C12H18N4O2/c1-3-9(4-2)12(18)15-11-10(7-13)8-14-16(11)5-6-17/h8-9,17H,3-6H2,1-2H3,(H,15,18). The highest BCUT2D eigenvalue weighted by atomic mass is 16.3. The fourth-order valence-electron chi connectivity index (χ4n) is 1.74. The van der Waals surface area contributed by atoms with Crippen LogP contribution in [-0.4, -0.2) is 27.4 Å². The molecule has 6 nitrogen and oxygen atoms in total. The number of hydrogen-bond acceptors (Lipinski definition) is 4. The third-order valence-corrected chi connectivity index (χ3v) is 2.87. The zero-order valence-corrected chi connectivity index (χ0v) is 10.7. The van der Waals surface area contributed by atoms with Gasteiger partial charge in [-0.2, -0.15) is 10.4 Å². The van der Waals surface area contributed by atoms with Crippen LogP contribution >= 0.6 is 0 Å². The van der Waals surface area contributed by atoms with Crippen molar-refractivity contribution >= 4 is 11.7 Å². The Hall–Kier alpha value is -1.87. The molecule has 6 heteroatoms. The predicted molar refractivity (Wildman–Crippen MR) is 66.7 cm³/mol. The van der Waals surface area contributed by atoms with E-state index in [-0.39, 0.29) is 25.0 Å². The maximum absolute atomic E-state index is 12.0. The van der Waals surface area contributed by atoms with Crippen molar-refractivity contribution in [3.8, 4) is 6.07 Å². The van der Waals surface area contributed by atoms with Gasteiger partial charge in [0.25, 0.3) is 0 Å². The van der Waals surface area contributed by atoms with E-state index in [0.29, 0.717) is 11.4 Å². The number of rotatable bonds is 6. The molecule has 0 aliphatic carbocycles. The number of carbonyl (C=O) groups is 1. The molecule has 18 heavy (non-hydrogen) atoms. The number of aromatic nitrogens is 2. The molecule has 0 radical (unpaired) electrons. The summed E-state index contributed by atoms with van der Waals surface area (Å²) in [6, 6.07) is 1.98. The first-order valence-corrected chi connectivity index (χ1v) is 6.05. The molecule has 1 aromatic rings. The number of carbonyl (C=O) groups excluding carboxylic acids is 1. The summed E-state index contributed by atoms with van der Waals surface area (Å²) in [6.07, 6.45) is 2.88. The van der Waals surface area contributed by atoms with E-state index in [2.05, 4.69) is 10.4 Å². The van der Waals surface area contributed by atoms with Crippen LogP contribution in [0.2, 0.25) is 0 Å². The second-order valence-electron chi connectivity index (χ2n) is 3.97. The second-order valence-corrected chi connectivity index (χ2v) is 3.97. The molecular formula is C12H18N4O2. The molecule has 1 aromatic heterocycles. The number of amides is 1. The topological polar surface area (TPSA) is 90.9 Å². The predicted octanol–water partition coefficient (Wildman–Crippen LogP) is 1.12. The first-order valence-electron chi connectivity index (χ1n) is 6.05. The second kappa shape index (κ2) is 6.77. The van der Waals surface area contributed by atoms with Crippen LogP contribution in [0.25, 0.3) is 0 Å². The molecule has 1 heterocycles. The van der Waals surface area contributed by atoms with Crippen LogP contribution < -0.4 is 5.32 Å². The maximum Gasteiger partial charge on any atom is 0.228 e. The summed E-state index contributed by atoms with van der Waals surface area (Å²) >= 11 is 0. The van der Waals surface area contributed by atoms with Gasteiger partial charge in [-0.15, -0.1) is 0 Å². The Kier molecular flexibility index (Phi) is 5.33. The highest BCUT2D eigenvalue weighted by Crippen LogP contribution is 2.17. The van der Waals surface area contributed by atoms with Crippen LogP contribution in [0.5, 0.6) is 0 Å². The van der Waals surface area contributed by atoms with Gasteiger partial charge in [0.05, 0.1) is 19.3 Å². The summed E-state index contributed by atoms with van der Waals surface area (Å²) in [5.41, 5.74) is 0.308. The molecular weight excluding hydrogens is 232 g/mol. The van der Waals surface area contributed by atoms with Crippen molar-refractivity contribution in [1.82, 2.24) is 9.78 Å². The van der Waals surface area contributed by atoms with Crippen LogP contribution in [-0.2, 0) is 11.3 Å². The van der Waals surface area contributed by atoms with E-state index >= 15 is 0 Å². The summed E-state index contributed by atoms with van der Waals surface area (Å²) in [5, 5.41) is 24.5. The molecule has 0 saturated carbocycles. The minimum atomic E-state index is -0.115. The number of anilines is 1. The Morgan fingerprint density at radius 1 is 1.61 bits per heavy atom. The van der Waals surface area contributed by atoms with Crippen LogP contribution in [0.1, 0.15) is 32.3 Å². The van der Waals surface area contributed by atoms with Gasteiger partial charge in [-0.25, -0.2) is 4.68 Å². The molecule has 0 aliphatic rings. The number of hydrogen-bond donors (Lipinski definition) is 2. The molecule has 0 spiro atoms. The fourth-order valence-corrected chi connectivity index (χ4v) is 1.74. The molecule has 0 atom stereocenters. The summed E-state index contributed by atoms with van der Waals surface area (Å²) in [6.45, 7) is 4.05. The minimum Gasteiger partial charge on any atom is -0.394 e. The van der Waals surface area contributed by atoms with Gasteiger partial charge in [-0.05, 0) is 12.8 Å². The molecule has 0 aliphatic heterocycles. The van der Waals surface area contributed by atoms with Gasteiger partial charge in [-0.1, -0.05) is 13.8 Å². The van der Waals surface area contributed by atoms with Crippen LogP contribution in [0.15, 0.2) is 6.20 Å². The molecule has 2 N–H and O–H groups in total. The zero-order chi connectivity index (χ0) is 13.5. The summed E-state index contributed by atoms with van der Waals surface area (Å²) in [4.78, 5) is 12.0. The monoisotopic (exact) mass is 250 g/mol. The number of aliphatic hydroxyl groups is 1. The van der Waals surface area contributed by atoms with Crippen molar-refractivity contribution in [3.63, 3.8) is 0 Å². The van der Waals surface area contributed by atoms with E-state index in [1.165, 1.54) is 10.9 Å². The summed E-state index contributed by atoms with van der Waals surface area (Å²) < 4.78 is 1.43. The third-order valence-electron chi connectivity index (χ3n) is 2.87. The minimum absolute atomic E-state index is 0.0750. The Morgan fingerprint density at radius 3 is 2.78 bits per heavy atom. The molecule has 98 valence electrons. The number of nitrogens with one attached hydrogen (secondary N) is 1. The summed E-state index contributed by atoms with van der Waals surface area (Å²) in [7, 11) is 0. The normalized spacial score (nSPS) is 10.4. The largest absolute Gasteiger partial charge is 0.394 e. The number of nitriles is 1. The zero-order valence-electron chi connectivity index (χ0n) is 10.7. The molecule has 0 fully saturated rings. The van der Waals surface area contributed by atoms with Gasteiger partial charge in [0.2, 0.25) is 5.91 Å². The van der Waals surface area contributed by atoms with E-state index in [1.807, 2.05) is 19.9 Å². The molecule has 0 saturated heterocycles. The van der Waals surface area contributed by atoms with Gasteiger partial charge < -0.3 is 10.4 Å².